The van der Waals surface area contributed by atoms with Crippen LogP contribution >= 0.6 is 0 Å². The Balaban J connectivity index is 1.86. The summed E-state index contributed by atoms with van der Waals surface area (Å²) in [5.41, 5.74) is 4.18. The number of halogens is 2. The number of aliphatic imine (C=N–C) groups is 1. The maximum atomic E-state index is 15.0. The minimum Gasteiger partial charge on any atom is -0.436 e. The molecular formula is C18H19F2N5O4S. The van der Waals surface area contributed by atoms with E-state index in [0.29, 0.717) is 0 Å². The van der Waals surface area contributed by atoms with Crippen molar-refractivity contribution in [2.45, 2.75) is 30.2 Å². The first-order valence-electron chi connectivity index (χ1n) is 9.03. The first kappa shape index (κ1) is 20.4. The lowest BCUT2D eigenvalue weighted by Crippen LogP contribution is -2.62. The molecule has 9 nitrogen and oxygen atoms in total. The molecule has 2 aromatic rings. The third kappa shape index (κ3) is 3.16. The second kappa shape index (κ2) is 7.13. The highest BCUT2D eigenvalue weighted by Crippen LogP contribution is 2.45. The Labute approximate surface area is 171 Å². The highest BCUT2D eigenvalue weighted by atomic mass is 32.2. The summed E-state index contributed by atoms with van der Waals surface area (Å²) in [7, 11) is -2.64. The third-order valence-corrected chi connectivity index (χ3v) is 7.55. The van der Waals surface area contributed by atoms with Crippen molar-refractivity contribution < 1.29 is 26.7 Å². The molecule has 1 saturated heterocycles. The third-order valence-electron chi connectivity index (χ3n) is 5.30. The zero-order valence-electron chi connectivity index (χ0n) is 16.1. The van der Waals surface area contributed by atoms with Gasteiger partial charge in [-0.25, -0.2) is 27.1 Å². The van der Waals surface area contributed by atoms with Gasteiger partial charge in [0, 0.05) is 12.6 Å². The summed E-state index contributed by atoms with van der Waals surface area (Å²) in [5, 5.41) is -1.11. The summed E-state index contributed by atoms with van der Waals surface area (Å²) in [6.45, 7) is 1.53. The van der Waals surface area contributed by atoms with Crippen molar-refractivity contribution in [1.82, 2.24) is 14.3 Å². The average molecular weight is 439 g/mol. The molecule has 1 aromatic heterocycles. The molecule has 12 heteroatoms. The molecular weight excluding hydrogens is 420 g/mol. The summed E-state index contributed by atoms with van der Waals surface area (Å²) >= 11 is 0. The van der Waals surface area contributed by atoms with Gasteiger partial charge in [-0.1, -0.05) is 0 Å². The van der Waals surface area contributed by atoms with E-state index in [2.05, 4.69) is 15.0 Å². The van der Waals surface area contributed by atoms with Crippen molar-refractivity contribution in [3.8, 4) is 11.6 Å². The Hall–Kier alpha value is -2.86. The number of nitrogens with zero attached hydrogens (tertiary/aromatic N) is 4. The van der Waals surface area contributed by atoms with E-state index < -0.39 is 32.4 Å². The van der Waals surface area contributed by atoms with Gasteiger partial charge >= 0.3 is 0 Å². The number of guanidine groups is 1. The highest BCUT2D eigenvalue weighted by Gasteiger charge is 2.57. The number of hydrogen-bond donors (Lipinski definition) is 1. The Morgan fingerprint density at radius 1 is 1.33 bits per heavy atom. The number of sulfonamides is 1. The van der Waals surface area contributed by atoms with Crippen LogP contribution in [-0.4, -0.2) is 53.7 Å². The number of rotatable bonds is 3. The predicted molar refractivity (Wildman–Crippen MR) is 102 cm³/mol. The lowest BCUT2D eigenvalue weighted by Gasteiger charge is -2.47. The Kier molecular flexibility index (Phi) is 4.85. The Bertz CT molecular complexity index is 1130. The minimum absolute atomic E-state index is 0.0424. The SMILES string of the molecule is C[C@H]1C[C@@H]2[C@](c3cc(Oc4ncncc4F)ccc3F)(CO1)N=C(N)N(C)S2(=O)=O. The lowest BCUT2D eigenvalue weighted by molar-refractivity contribution is -0.0189. The fourth-order valence-electron chi connectivity index (χ4n) is 3.69. The molecule has 3 atom stereocenters. The van der Waals surface area contributed by atoms with Crippen LogP contribution in [0.3, 0.4) is 0 Å². The maximum absolute atomic E-state index is 15.0. The Morgan fingerprint density at radius 3 is 2.83 bits per heavy atom. The van der Waals surface area contributed by atoms with Gasteiger partial charge in [0.05, 0.1) is 18.9 Å². The zero-order chi connectivity index (χ0) is 21.7. The van der Waals surface area contributed by atoms with Crippen molar-refractivity contribution in [2.24, 2.45) is 10.7 Å². The molecule has 2 aliphatic rings. The molecule has 0 amide bonds. The summed E-state index contributed by atoms with van der Waals surface area (Å²) in [6.07, 6.45) is 1.74. The molecule has 1 aromatic carbocycles. The fourth-order valence-corrected chi connectivity index (χ4v) is 5.63. The van der Waals surface area contributed by atoms with Crippen molar-refractivity contribution in [3.05, 3.63) is 47.9 Å². The van der Waals surface area contributed by atoms with Gasteiger partial charge in [0.25, 0.3) is 5.88 Å². The molecule has 1 fully saturated rings. The summed E-state index contributed by atoms with van der Waals surface area (Å²) in [6, 6.07) is 3.62. The van der Waals surface area contributed by atoms with E-state index in [0.717, 1.165) is 22.9 Å². The van der Waals surface area contributed by atoms with Gasteiger partial charge in [0.15, 0.2) is 0 Å². The van der Waals surface area contributed by atoms with Crippen LogP contribution in [0.15, 0.2) is 35.7 Å². The molecule has 0 radical (unpaired) electrons. The van der Waals surface area contributed by atoms with Crippen molar-refractivity contribution >= 4 is 16.0 Å². The first-order valence-corrected chi connectivity index (χ1v) is 10.5. The highest BCUT2D eigenvalue weighted by molar-refractivity contribution is 7.90. The zero-order valence-corrected chi connectivity index (χ0v) is 16.9. The second-order valence-corrected chi connectivity index (χ2v) is 9.32. The first-order chi connectivity index (χ1) is 14.1. The monoisotopic (exact) mass is 439 g/mol. The number of benzene rings is 1. The van der Waals surface area contributed by atoms with E-state index >= 15 is 0 Å². The molecule has 0 aliphatic carbocycles. The van der Waals surface area contributed by atoms with E-state index in [-0.39, 0.29) is 42.3 Å². The topological polar surface area (TPSA) is 120 Å². The number of fused-ring (bicyclic) bond motifs is 1. The largest absolute Gasteiger partial charge is 0.436 e. The quantitative estimate of drug-likeness (QED) is 0.770. The number of hydrogen-bond acceptors (Lipinski definition) is 8. The molecule has 2 N–H and O–H groups in total. The van der Waals surface area contributed by atoms with Gasteiger partial charge in [-0.05, 0) is 31.5 Å². The number of nitrogens with two attached hydrogens (primary N) is 1. The van der Waals surface area contributed by atoms with Crippen molar-refractivity contribution in [3.63, 3.8) is 0 Å². The van der Waals surface area contributed by atoms with E-state index in [1.54, 1.807) is 6.92 Å². The summed E-state index contributed by atoms with van der Waals surface area (Å²) in [4.78, 5) is 11.6. The van der Waals surface area contributed by atoms with Gasteiger partial charge < -0.3 is 15.2 Å². The van der Waals surface area contributed by atoms with E-state index in [9.17, 15) is 17.2 Å². The molecule has 0 bridgehead atoms. The van der Waals surface area contributed by atoms with E-state index in [1.165, 1.54) is 19.2 Å². The van der Waals surface area contributed by atoms with Crippen LogP contribution in [0.4, 0.5) is 8.78 Å². The fraction of sp³-hybridized carbons (Fsp3) is 0.389. The molecule has 3 heterocycles. The molecule has 160 valence electrons. The van der Waals surface area contributed by atoms with Crippen LogP contribution in [0, 0.1) is 11.6 Å². The van der Waals surface area contributed by atoms with Crippen LogP contribution in [0.5, 0.6) is 11.6 Å². The maximum Gasteiger partial charge on any atom is 0.259 e. The van der Waals surface area contributed by atoms with Gasteiger partial charge in [0.1, 0.15) is 28.7 Å². The van der Waals surface area contributed by atoms with Crippen LogP contribution < -0.4 is 10.5 Å². The molecule has 0 unspecified atom stereocenters. The summed E-state index contributed by atoms with van der Waals surface area (Å²) in [5.74, 6) is -2.12. The standard InChI is InChI=1S/C18H19F2N5O4S/c1-10-5-15-18(8-28-10,24-17(21)25(2)30(15,26)27)12-6-11(3-4-13(12)19)29-16-14(20)7-22-9-23-16/h3-4,6-7,9-10,15H,5,8H2,1-2H3,(H2,21,24)/t10-,15+,18+/m0/s1. The van der Waals surface area contributed by atoms with Crippen molar-refractivity contribution in [1.29, 1.82) is 0 Å². The molecule has 4 rings (SSSR count). The summed E-state index contributed by atoms with van der Waals surface area (Å²) < 4.78 is 67.0. The van der Waals surface area contributed by atoms with Gasteiger partial charge in [-0.15, -0.1) is 0 Å². The smallest absolute Gasteiger partial charge is 0.259 e. The number of aromatic nitrogens is 2. The molecule has 30 heavy (non-hydrogen) atoms. The minimum atomic E-state index is -3.94. The van der Waals surface area contributed by atoms with Crippen LogP contribution in [0.25, 0.3) is 0 Å². The average Bonchev–Trinajstić information content (AvgIpc) is 2.71. The molecule has 0 saturated carbocycles. The lowest BCUT2D eigenvalue weighted by atomic mass is 9.82. The second-order valence-electron chi connectivity index (χ2n) is 7.17. The van der Waals surface area contributed by atoms with Gasteiger partial charge in [0.2, 0.25) is 21.8 Å². The van der Waals surface area contributed by atoms with Crippen LogP contribution in [0.2, 0.25) is 0 Å². The van der Waals surface area contributed by atoms with E-state index in [4.69, 9.17) is 15.2 Å². The van der Waals surface area contributed by atoms with Gasteiger partial charge in [-0.3, -0.25) is 0 Å². The van der Waals surface area contributed by atoms with Crippen molar-refractivity contribution in [2.75, 3.05) is 13.7 Å². The van der Waals surface area contributed by atoms with E-state index in [1.807, 2.05) is 0 Å². The Morgan fingerprint density at radius 2 is 2.10 bits per heavy atom. The normalized spacial score (nSPS) is 27.9. The van der Waals surface area contributed by atoms with Crippen LogP contribution in [0.1, 0.15) is 18.9 Å². The molecule has 2 aliphatic heterocycles. The molecule has 0 spiro atoms. The number of ether oxygens (including phenoxy) is 2. The van der Waals surface area contributed by atoms with Gasteiger partial charge in [-0.2, -0.15) is 9.37 Å². The predicted octanol–water partition coefficient (Wildman–Crippen LogP) is 1.51. The van der Waals surface area contributed by atoms with Crippen LogP contribution in [-0.2, 0) is 20.3 Å².